The number of aliphatic hydroxyl groups is 2. The monoisotopic (exact) mass is 482 g/mol. The number of aromatic nitrogens is 4. The van der Waals surface area contributed by atoms with E-state index in [9.17, 15) is 44.6 Å². The Morgan fingerprint density at radius 2 is 1.56 bits per heavy atom. The molecule has 180 valence electrons. The maximum Gasteiger partial charge on any atom is 0.429 e. The lowest BCUT2D eigenvalue weighted by atomic mass is 10.0. The zero-order chi connectivity index (χ0) is 24.5. The Kier molecular flexibility index (Phi) is 5.29. The summed E-state index contributed by atoms with van der Waals surface area (Å²) in [6.07, 6.45) is -16.3. The molecule has 0 unspecified atom stereocenters. The zero-order valence-corrected chi connectivity index (χ0v) is 16.1. The van der Waals surface area contributed by atoms with Gasteiger partial charge in [0.05, 0.1) is 30.2 Å². The lowest BCUT2D eigenvalue weighted by Gasteiger charge is -2.31. The molecule has 0 saturated carbocycles. The summed E-state index contributed by atoms with van der Waals surface area (Å²) in [4.78, 5) is 3.62. The van der Waals surface area contributed by atoms with Crippen molar-refractivity contribution in [2.45, 2.75) is 56.2 Å². The molecule has 0 amide bonds. The molecule has 2 aromatic heterocycles. The largest absolute Gasteiger partial charge is 0.473 e. The van der Waals surface area contributed by atoms with Crippen LogP contribution in [0.15, 0.2) is 12.3 Å². The van der Waals surface area contributed by atoms with Crippen LogP contribution in [0.25, 0.3) is 11.4 Å². The van der Waals surface area contributed by atoms with Gasteiger partial charge in [0.1, 0.15) is 6.61 Å². The lowest BCUT2D eigenvalue weighted by molar-refractivity contribution is -0.373. The van der Waals surface area contributed by atoms with Crippen molar-refractivity contribution in [2.24, 2.45) is 0 Å². The summed E-state index contributed by atoms with van der Waals surface area (Å²) in [5.41, 5.74) is -8.57. The first-order chi connectivity index (χ1) is 14.3. The van der Waals surface area contributed by atoms with Gasteiger partial charge in [-0.05, 0) is 13.8 Å². The van der Waals surface area contributed by atoms with Gasteiger partial charge in [0.2, 0.25) is 11.5 Å². The molecule has 32 heavy (non-hydrogen) atoms. The van der Waals surface area contributed by atoms with Gasteiger partial charge in [-0.25, -0.2) is 4.98 Å². The highest BCUT2D eigenvalue weighted by molar-refractivity contribution is 5.58. The second-order valence-electron chi connectivity index (χ2n) is 7.45. The second-order valence-corrected chi connectivity index (χ2v) is 7.45. The van der Waals surface area contributed by atoms with Crippen LogP contribution < -0.4 is 4.74 Å². The molecule has 16 heteroatoms. The van der Waals surface area contributed by atoms with E-state index in [4.69, 9.17) is 5.11 Å². The molecule has 1 aliphatic heterocycles. The summed E-state index contributed by atoms with van der Waals surface area (Å²) < 4.78 is 123. The predicted octanol–water partition coefficient (Wildman–Crippen LogP) is 3.33. The van der Waals surface area contributed by atoms with Crippen LogP contribution in [0.1, 0.15) is 25.7 Å². The normalized spacial score (nSPS) is 19.3. The number of rotatable bonds is 4. The van der Waals surface area contributed by atoms with Gasteiger partial charge < -0.3 is 19.5 Å². The van der Waals surface area contributed by atoms with Crippen LogP contribution in [0.4, 0.5) is 39.5 Å². The van der Waals surface area contributed by atoms with Gasteiger partial charge in [0.25, 0.3) is 5.60 Å². The molecule has 2 N–H and O–H groups in total. The molecule has 2 aromatic rings. The van der Waals surface area contributed by atoms with E-state index in [1.165, 1.54) is 6.92 Å². The van der Waals surface area contributed by atoms with Crippen molar-refractivity contribution in [1.82, 2.24) is 19.3 Å². The Bertz CT molecular complexity index is 990. The molecule has 0 spiro atoms. The quantitative estimate of drug-likeness (QED) is 0.654. The van der Waals surface area contributed by atoms with E-state index in [0.29, 0.717) is 6.92 Å². The number of halogens is 9. The van der Waals surface area contributed by atoms with Crippen molar-refractivity contribution in [2.75, 3.05) is 6.61 Å². The van der Waals surface area contributed by atoms with E-state index in [2.05, 4.69) is 14.8 Å². The minimum Gasteiger partial charge on any atom is -0.473 e. The third-order valence-electron chi connectivity index (χ3n) is 5.05. The van der Waals surface area contributed by atoms with Crippen LogP contribution in [0.2, 0.25) is 0 Å². The first-order valence-electron chi connectivity index (χ1n) is 8.75. The van der Waals surface area contributed by atoms with E-state index >= 15 is 0 Å². The summed E-state index contributed by atoms with van der Waals surface area (Å²) in [6, 6.07) is 0.109. The molecule has 0 aliphatic carbocycles. The number of fused-ring (bicyclic) bond motifs is 3. The molecule has 7 nitrogen and oxygen atoms in total. The predicted molar refractivity (Wildman–Crippen MR) is 86.3 cm³/mol. The molecular formula is C16H15F9N4O3. The van der Waals surface area contributed by atoms with Gasteiger partial charge in [-0.15, -0.1) is 5.10 Å². The molecule has 1 aliphatic rings. The average Bonchev–Trinajstić information content (AvgIpc) is 3.20. The zero-order valence-electron chi connectivity index (χ0n) is 16.1. The highest BCUT2D eigenvalue weighted by Crippen LogP contribution is 2.44. The first kappa shape index (κ1) is 24.2. The molecule has 3 heterocycles. The standard InChI is InChI=1S/C16H15F9N4O3/c1-7-5-28-8(9-4-26-11(29(7)9)12(2,30)14(17,18)19)3-10(27-28)32-6-13(31,15(20,21)22)16(23,24)25/h3-4,7,30-31H,5-6H2,1-2H3/t7-,12+/m0/s1. The van der Waals surface area contributed by atoms with E-state index < -0.39 is 54.1 Å². The Balaban J connectivity index is 1.96. The van der Waals surface area contributed by atoms with Crippen molar-refractivity contribution >= 4 is 0 Å². The first-order valence-corrected chi connectivity index (χ1v) is 8.75. The molecular weight excluding hydrogens is 467 g/mol. The minimum atomic E-state index is -6.10. The molecule has 2 atom stereocenters. The van der Waals surface area contributed by atoms with Gasteiger partial charge in [-0.2, -0.15) is 39.5 Å². The molecule has 0 radical (unpaired) electrons. The van der Waals surface area contributed by atoms with E-state index in [1.807, 2.05) is 0 Å². The molecule has 0 aromatic carbocycles. The number of hydrogen-bond acceptors (Lipinski definition) is 5. The Labute approximate surface area is 173 Å². The van der Waals surface area contributed by atoms with Gasteiger partial charge in [-0.3, -0.25) is 4.68 Å². The minimum absolute atomic E-state index is 0.0302. The highest BCUT2D eigenvalue weighted by Gasteiger charge is 2.71. The second kappa shape index (κ2) is 7.00. The van der Waals surface area contributed by atoms with Crippen molar-refractivity contribution in [3.8, 4) is 17.3 Å². The summed E-state index contributed by atoms with van der Waals surface area (Å²) in [5.74, 6) is -1.50. The molecule has 3 rings (SSSR count). The third-order valence-corrected chi connectivity index (χ3v) is 5.05. The fourth-order valence-electron chi connectivity index (χ4n) is 3.13. The van der Waals surface area contributed by atoms with E-state index in [0.717, 1.165) is 21.5 Å². The smallest absolute Gasteiger partial charge is 0.429 e. The Morgan fingerprint density at radius 1 is 1.00 bits per heavy atom. The summed E-state index contributed by atoms with van der Waals surface area (Å²) in [7, 11) is 0. The Morgan fingerprint density at radius 3 is 2.06 bits per heavy atom. The fraction of sp³-hybridized carbons (Fsp3) is 0.625. The molecule has 0 fully saturated rings. The molecule has 0 bridgehead atoms. The lowest BCUT2D eigenvalue weighted by Crippen LogP contribution is -2.60. The van der Waals surface area contributed by atoms with Crippen LogP contribution in [0.5, 0.6) is 5.88 Å². The third kappa shape index (κ3) is 3.58. The maximum atomic E-state index is 13.3. The van der Waals surface area contributed by atoms with Gasteiger partial charge in [0, 0.05) is 6.07 Å². The summed E-state index contributed by atoms with van der Waals surface area (Å²) >= 11 is 0. The highest BCUT2D eigenvalue weighted by atomic mass is 19.4. The van der Waals surface area contributed by atoms with Gasteiger partial charge >= 0.3 is 18.5 Å². The van der Waals surface area contributed by atoms with Crippen molar-refractivity contribution in [3.63, 3.8) is 0 Å². The number of ether oxygens (including phenoxy) is 1. The Hall–Kier alpha value is -2.49. The van der Waals surface area contributed by atoms with Crippen LogP contribution >= 0.6 is 0 Å². The molecule has 0 saturated heterocycles. The van der Waals surface area contributed by atoms with Gasteiger partial charge in [0.15, 0.2) is 5.82 Å². The van der Waals surface area contributed by atoms with Crippen LogP contribution in [-0.4, -0.2) is 60.3 Å². The maximum absolute atomic E-state index is 13.3. The van der Waals surface area contributed by atoms with Crippen molar-refractivity contribution in [1.29, 1.82) is 0 Å². The van der Waals surface area contributed by atoms with Crippen LogP contribution in [-0.2, 0) is 12.1 Å². The van der Waals surface area contributed by atoms with Crippen molar-refractivity contribution < 1.29 is 54.5 Å². The average molecular weight is 482 g/mol. The number of alkyl halides is 9. The van der Waals surface area contributed by atoms with Crippen LogP contribution in [0, 0.1) is 0 Å². The van der Waals surface area contributed by atoms with E-state index in [-0.39, 0.29) is 17.9 Å². The number of hydrogen-bond donors (Lipinski definition) is 2. The number of nitrogens with zero attached hydrogens (tertiary/aromatic N) is 4. The summed E-state index contributed by atoms with van der Waals surface area (Å²) in [5, 5.41) is 22.8. The van der Waals surface area contributed by atoms with Crippen LogP contribution in [0.3, 0.4) is 0 Å². The van der Waals surface area contributed by atoms with Gasteiger partial charge in [-0.1, -0.05) is 0 Å². The number of imidazole rings is 1. The van der Waals surface area contributed by atoms with Crippen molar-refractivity contribution in [3.05, 3.63) is 18.1 Å². The topological polar surface area (TPSA) is 85.3 Å². The SMILES string of the molecule is C[C@H]1Cn2nc(OCC(O)(C(F)(F)F)C(F)(F)F)cc2-c2cnc([C@@](C)(O)C(F)(F)F)n21. The fourth-order valence-corrected chi connectivity index (χ4v) is 3.13. The summed E-state index contributed by atoms with van der Waals surface area (Å²) in [6.45, 7) is -0.478. The van der Waals surface area contributed by atoms with E-state index in [1.54, 1.807) is 0 Å².